The quantitative estimate of drug-likeness (QED) is 0.709. The molecule has 0 radical (unpaired) electrons. The van der Waals surface area contributed by atoms with Crippen LogP contribution in [0.25, 0.3) is 0 Å². The molecule has 0 aromatic carbocycles. The predicted octanol–water partition coefficient (Wildman–Crippen LogP) is 2.03. The summed E-state index contributed by atoms with van der Waals surface area (Å²) in [7, 11) is 1.64. The van der Waals surface area contributed by atoms with Crippen molar-refractivity contribution < 1.29 is 9.47 Å². The third kappa shape index (κ3) is 3.96. The molecular formula is C14H24N4O2. The van der Waals surface area contributed by atoms with Gasteiger partial charge in [0.15, 0.2) is 5.82 Å². The van der Waals surface area contributed by atoms with Gasteiger partial charge in [0.25, 0.3) is 0 Å². The van der Waals surface area contributed by atoms with E-state index in [9.17, 15) is 0 Å². The minimum Gasteiger partial charge on any atom is -0.474 e. The van der Waals surface area contributed by atoms with Gasteiger partial charge < -0.3 is 20.5 Å². The number of hydrogen-bond acceptors (Lipinski definition) is 6. The molecule has 1 saturated carbocycles. The van der Waals surface area contributed by atoms with Crippen molar-refractivity contribution in [1.29, 1.82) is 0 Å². The summed E-state index contributed by atoms with van der Waals surface area (Å²) < 4.78 is 10.6. The maximum Gasteiger partial charge on any atom is 0.242 e. The summed E-state index contributed by atoms with van der Waals surface area (Å²) in [4.78, 5) is 8.98. The Morgan fingerprint density at radius 1 is 1.30 bits per heavy atom. The molecular weight excluding hydrogens is 256 g/mol. The Morgan fingerprint density at radius 2 is 2.05 bits per heavy atom. The molecule has 1 aliphatic rings. The number of rotatable bonds is 8. The second-order valence-corrected chi connectivity index (χ2v) is 5.54. The Kier molecular flexibility index (Phi) is 5.00. The van der Waals surface area contributed by atoms with Crippen LogP contribution in [0.3, 0.4) is 0 Å². The number of methoxy groups -OCH3 is 1. The van der Waals surface area contributed by atoms with Gasteiger partial charge in [0, 0.05) is 19.6 Å². The molecule has 1 heterocycles. The highest BCUT2D eigenvalue weighted by Gasteiger charge is 2.28. The van der Waals surface area contributed by atoms with Crippen molar-refractivity contribution in [3.8, 4) is 5.88 Å². The van der Waals surface area contributed by atoms with Crippen LogP contribution in [-0.4, -0.2) is 36.8 Å². The molecule has 0 spiro atoms. The van der Waals surface area contributed by atoms with Crippen LogP contribution >= 0.6 is 0 Å². The van der Waals surface area contributed by atoms with Gasteiger partial charge in [-0.25, -0.2) is 4.98 Å². The number of nitrogens with zero attached hydrogens (tertiary/aromatic N) is 2. The smallest absolute Gasteiger partial charge is 0.242 e. The Labute approximate surface area is 120 Å². The van der Waals surface area contributed by atoms with Crippen LogP contribution in [0.15, 0.2) is 0 Å². The Hall–Kier alpha value is -1.56. The fourth-order valence-corrected chi connectivity index (χ4v) is 1.76. The Bertz CT molecular complexity index is 447. The fraction of sp³-hybridized carbons (Fsp3) is 0.714. The van der Waals surface area contributed by atoms with E-state index in [1.165, 1.54) is 0 Å². The molecule has 0 bridgehead atoms. The van der Waals surface area contributed by atoms with Crippen molar-refractivity contribution in [2.45, 2.75) is 32.6 Å². The van der Waals surface area contributed by atoms with Crippen LogP contribution in [0, 0.1) is 5.92 Å². The van der Waals surface area contributed by atoms with E-state index in [2.05, 4.69) is 29.1 Å². The molecule has 0 amide bonds. The van der Waals surface area contributed by atoms with Crippen LogP contribution in [0.5, 0.6) is 5.88 Å². The molecule has 0 aliphatic heterocycles. The number of anilines is 2. The molecule has 6 nitrogen and oxygen atoms in total. The minimum atomic E-state index is 0.436. The van der Waals surface area contributed by atoms with Gasteiger partial charge in [0.2, 0.25) is 5.88 Å². The van der Waals surface area contributed by atoms with E-state index in [0.717, 1.165) is 25.2 Å². The molecule has 0 saturated heterocycles. The van der Waals surface area contributed by atoms with Crippen molar-refractivity contribution >= 4 is 11.5 Å². The van der Waals surface area contributed by atoms with Gasteiger partial charge in [-0.05, 0) is 18.8 Å². The van der Waals surface area contributed by atoms with E-state index in [0.29, 0.717) is 42.4 Å². The molecule has 1 aromatic heterocycles. The number of aromatic nitrogens is 2. The number of nitrogens with two attached hydrogens (primary N) is 1. The molecule has 112 valence electrons. The first-order chi connectivity index (χ1) is 9.61. The SMILES string of the molecule is COCCOc1nc(C2CC2)nc(NCC(C)C)c1N. The summed E-state index contributed by atoms with van der Waals surface area (Å²) in [6, 6.07) is 0. The lowest BCUT2D eigenvalue weighted by molar-refractivity contribution is 0.144. The van der Waals surface area contributed by atoms with E-state index in [-0.39, 0.29) is 0 Å². The number of nitrogens with one attached hydrogen (secondary N) is 1. The summed E-state index contributed by atoms with van der Waals surface area (Å²) in [5.41, 5.74) is 6.57. The molecule has 0 unspecified atom stereocenters. The van der Waals surface area contributed by atoms with E-state index in [1.54, 1.807) is 7.11 Å². The molecule has 1 aliphatic carbocycles. The molecule has 3 N–H and O–H groups in total. The van der Waals surface area contributed by atoms with Gasteiger partial charge in [-0.15, -0.1) is 0 Å². The second-order valence-electron chi connectivity index (χ2n) is 5.54. The number of nitrogen functional groups attached to an aromatic ring is 1. The summed E-state index contributed by atoms with van der Waals surface area (Å²) >= 11 is 0. The van der Waals surface area contributed by atoms with Crippen molar-refractivity contribution in [3.63, 3.8) is 0 Å². The van der Waals surface area contributed by atoms with Crippen molar-refractivity contribution in [2.75, 3.05) is 37.9 Å². The average molecular weight is 280 g/mol. The van der Waals surface area contributed by atoms with E-state index in [4.69, 9.17) is 15.2 Å². The number of hydrogen-bond donors (Lipinski definition) is 2. The van der Waals surface area contributed by atoms with Gasteiger partial charge in [-0.3, -0.25) is 0 Å². The molecule has 6 heteroatoms. The third-order valence-electron chi connectivity index (χ3n) is 3.07. The Balaban J connectivity index is 2.15. The zero-order chi connectivity index (χ0) is 14.5. The first-order valence-corrected chi connectivity index (χ1v) is 7.14. The molecule has 1 aromatic rings. The maximum absolute atomic E-state index is 6.09. The van der Waals surface area contributed by atoms with Gasteiger partial charge in [-0.2, -0.15) is 4.98 Å². The molecule has 0 atom stereocenters. The first-order valence-electron chi connectivity index (χ1n) is 7.14. The van der Waals surface area contributed by atoms with Gasteiger partial charge in [-0.1, -0.05) is 13.8 Å². The van der Waals surface area contributed by atoms with E-state index >= 15 is 0 Å². The maximum atomic E-state index is 6.09. The standard InChI is InChI=1S/C14H24N4O2/c1-9(2)8-16-13-11(15)14(20-7-6-19-3)18-12(17-13)10-4-5-10/h9-10H,4-8,15H2,1-3H3,(H,16,17,18). The summed E-state index contributed by atoms with van der Waals surface area (Å²) in [5.74, 6) is 2.96. The Morgan fingerprint density at radius 3 is 2.65 bits per heavy atom. The van der Waals surface area contributed by atoms with Crippen LogP contribution < -0.4 is 15.8 Å². The molecule has 2 rings (SSSR count). The zero-order valence-electron chi connectivity index (χ0n) is 12.5. The van der Waals surface area contributed by atoms with Crippen LogP contribution in [-0.2, 0) is 4.74 Å². The highest BCUT2D eigenvalue weighted by molar-refractivity contribution is 5.67. The van der Waals surface area contributed by atoms with Crippen molar-refractivity contribution in [1.82, 2.24) is 9.97 Å². The van der Waals surface area contributed by atoms with Gasteiger partial charge in [0.1, 0.15) is 18.1 Å². The van der Waals surface area contributed by atoms with Crippen molar-refractivity contribution in [2.24, 2.45) is 5.92 Å². The number of ether oxygens (including phenoxy) is 2. The van der Waals surface area contributed by atoms with Crippen LogP contribution in [0.2, 0.25) is 0 Å². The topological polar surface area (TPSA) is 82.3 Å². The average Bonchev–Trinajstić information content (AvgIpc) is 3.23. The zero-order valence-corrected chi connectivity index (χ0v) is 12.5. The van der Waals surface area contributed by atoms with Gasteiger partial charge in [0.05, 0.1) is 6.61 Å². The van der Waals surface area contributed by atoms with E-state index in [1.807, 2.05) is 0 Å². The highest BCUT2D eigenvalue weighted by atomic mass is 16.5. The first kappa shape index (κ1) is 14.8. The molecule has 1 fully saturated rings. The normalized spacial score (nSPS) is 14.6. The second kappa shape index (κ2) is 6.74. The lowest BCUT2D eigenvalue weighted by Crippen LogP contribution is -2.15. The van der Waals surface area contributed by atoms with Crippen LogP contribution in [0.4, 0.5) is 11.5 Å². The summed E-state index contributed by atoms with van der Waals surface area (Å²) in [5, 5.41) is 3.28. The predicted molar refractivity (Wildman–Crippen MR) is 79.1 cm³/mol. The molecule has 20 heavy (non-hydrogen) atoms. The highest BCUT2D eigenvalue weighted by Crippen LogP contribution is 2.40. The lowest BCUT2D eigenvalue weighted by Gasteiger charge is -2.15. The van der Waals surface area contributed by atoms with Crippen LogP contribution in [0.1, 0.15) is 38.4 Å². The van der Waals surface area contributed by atoms with Gasteiger partial charge >= 0.3 is 0 Å². The van der Waals surface area contributed by atoms with E-state index < -0.39 is 0 Å². The lowest BCUT2D eigenvalue weighted by atomic mass is 10.2. The summed E-state index contributed by atoms with van der Waals surface area (Å²) in [6.45, 7) is 6.05. The van der Waals surface area contributed by atoms with Crippen molar-refractivity contribution in [3.05, 3.63) is 5.82 Å². The largest absolute Gasteiger partial charge is 0.474 e. The monoisotopic (exact) mass is 280 g/mol. The summed E-state index contributed by atoms with van der Waals surface area (Å²) in [6.07, 6.45) is 2.29. The third-order valence-corrected chi connectivity index (χ3v) is 3.07. The minimum absolute atomic E-state index is 0.436. The fourth-order valence-electron chi connectivity index (χ4n) is 1.76.